The smallest absolute Gasteiger partial charge is 0.227 e. The molecule has 3 heteroatoms. The Morgan fingerprint density at radius 3 is 1.98 bits per heavy atom. The molecule has 1 heterocycles. The van der Waals surface area contributed by atoms with Gasteiger partial charge >= 0.3 is 0 Å². The van der Waals surface area contributed by atoms with Crippen molar-refractivity contribution in [1.29, 1.82) is 0 Å². The van der Waals surface area contributed by atoms with E-state index in [4.69, 9.17) is 9.40 Å². The van der Waals surface area contributed by atoms with Crippen LogP contribution in [0.5, 0.6) is 0 Å². The van der Waals surface area contributed by atoms with Gasteiger partial charge < -0.3 is 9.32 Å². The van der Waals surface area contributed by atoms with E-state index in [9.17, 15) is 0 Å². The summed E-state index contributed by atoms with van der Waals surface area (Å²) in [7, 11) is 0. The fraction of sp³-hybridized carbons (Fsp3) is 0.0652. The first-order valence-electron chi connectivity index (χ1n) is 16.9. The third kappa shape index (κ3) is 4.19. The number of oxazole rings is 1. The van der Waals surface area contributed by atoms with Gasteiger partial charge in [-0.1, -0.05) is 123 Å². The van der Waals surface area contributed by atoms with E-state index >= 15 is 0 Å². The zero-order valence-electron chi connectivity index (χ0n) is 27.3. The molecule has 232 valence electrons. The molecule has 0 radical (unpaired) electrons. The number of fused-ring (bicyclic) bond motifs is 6. The molecule has 0 amide bonds. The quantitative estimate of drug-likeness (QED) is 0.190. The topological polar surface area (TPSA) is 29.3 Å². The summed E-state index contributed by atoms with van der Waals surface area (Å²) < 4.78 is 6.50. The number of hydrogen-bond acceptors (Lipinski definition) is 3. The number of nitrogens with zero attached hydrogens (tertiary/aromatic N) is 2. The van der Waals surface area contributed by atoms with Gasteiger partial charge in [0.2, 0.25) is 5.89 Å². The normalized spacial score (nSPS) is 13.3. The first-order valence-corrected chi connectivity index (χ1v) is 16.9. The molecule has 0 unspecified atom stereocenters. The second-order valence-electron chi connectivity index (χ2n) is 13.6. The lowest BCUT2D eigenvalue weighted by Gasteiger charge is -2.28. The number of anilines is 3. The van der Waals surface area contributed by atoms with Crippen molar-refractivity contribution in [2.24, 2.45) is 0 Å². The molecule has 0 saturated carbocycles. The molecule has 0 bridgehead atoms. The van der Waals surface area contributed by atoms with Crippen LogP contribution in [-0.4, -0.2) is 4.98 Å². The van der Waals surface area contributed by atoms with Crippen molar-refractivity contribution >= 4 is 27.8 Å². The molecule has 0 atom stereocenters. The van der Waals surface area contributed by atoms with Gasteiger partial charge in [0.15, 0.2) is 5.76 Å². The average molecular weight is 629 g/mol. The average Bonchev–Trinajstić information content (AvgIpc) is 3.79. The van der Waals surface area contributed by atoms with E-state index in [2.05, 4.69) is 176 Å². The molecule has 2 aliphatic carbocycles. The lowest BCUT2D eigenvalue weighted by molar-refractivity contribution is 0.590. The minimum atomic E-state index is -0.0996. The van der Waals surface area contributed by atoms with Gasteiger partial charge in [0.1, 0.15) is 5.69 Å². The highest BCUT2D eigenvalue weighted by Gasteiger charge is 2.36. The van der Waals surface area contributed by atoms with Gasteiger partial charge in [-0.2, -0.15) is 0 Å². The minimum absolute atomic E-state index is 0.0996. The van der Waals surface area contributed by atoms with Crippen LogP contribution < -0.4 is 4.90 Å². The van der Waals surface area contributed by atoms with Crippen LogP contribution >= 0.6 is 0 Å². The SMILES string of the molecule is CC1(C)c2ccccc2-c2ccc(N(c3ccc(-c4nc5c(o4)-c4cccc6cccc-5c46)cc3)c3cccc(-c4ccccc4)c3)cc21. The zero-order chi connectivity index (χ0) is 32.7. The molecule has 8 aromatic rings. The fourth-order valence-electron chi connectivity index (χ4n) is 8.02. The van der Waals surface area contributed by atoms with Crippen molar-refractivity contribution in [3.05, 3.63) is 169 Å². The number of benzene rings is 7. The standard InChI is InChI=1S/C46H32N2O/c1-46(2)40-20-7-6-17-36(40)37-26-25-35(28-41(37)46)48(34-16-8-15-32(27-34)29-11-4-3-5-12-29)33-23-21-31(22-24-33)45-47-43-38-18-9-13-30-14-10-19-39(42(30)38)44(43)49-45/h3-28H,1-2H3. The van der Waals surface area contributed by atoms with E-state index in [-0.39, 0.29) is 5.41 Å². The Balaban J connectivity index is 1.08. The van der Waals surface area contributed by atoms with Gasteiger partial charge in [-0.25, -0.2) is 4.98 Å². The van der Waals surface area contributed by atoms with Crippen LogP contribution in [-0.2, 0) is 5.41 Å². The molecular formula is C46H32N2O. The second kappa shape index (κ2) is 10.4. The Bertz CT molecular complexity index is 2520. The van der Waals surface area contributed by atoms with Crippen molar-refractivity contribution in [2.75, 3.05) is 4.90 Å². The summed E-state index contributed by atoms with van der Waals surface area (Å²) in [5.41, 5.74) is 15.0. The van der Waals surface area contributed by atoms with Crippen LogP contribution in [0.25, 0.3) is 67.1 Å². The van der Waals surface area contributed by atoms with E-state index in [1.54, 1.807) is 0 Å². The van der Waals surface area contributed by atoms with Gasteiger partial charge in [0.25, 0.3) is 0 Å². The van der Waals surface area contributed by atoms with Crippen molar-refractivity contribution in [2.45, 2.75) is 19.3 Å². The zero-order valence-corrected chi connectivity index (χ0v) is 27.3. The van der Waals surface area contributed by atoms with Gasteiger partial charge in [0.05, 0.1) is 0 Å². The lowest BCUT2D eigenvalue weighted by Crippen LogP contribution is -2.16. The van der Waals surface area contributed by atoms with Gasteiger partial charge in [-0.05, 0) is 87.3 Å². The van der Waals surface area contributed by atoms with Crippen LogP contribution in [0.15, 0.2) is 162 Å². The van der Waals surface area contributed by atoms with Crippen molar-refractivity contribution in [3.8, 4) is 56.3 Å². The van der Waals surface area contributed by atoms with E-state index < -0.39 is 0 Å². The van der Waals surface area contributed by atoms with Gasteiger partial charge in [-0.15, -0.1) is 0 Å². The number of rotatable bonds is 5. The van der Waals surface area contributed by atoms with Gasteiger partial charge in [0, 0.05) is 44.6 Å². The summed E-state index contributed by atoms with van der Waals surface area (Å²) in [5.74, 6) is 1.49. The highest BCUT2D eigenvalue weighted by Crippen LogP contribution is 2.51. The summed E-state index contributed by atoms with van der Waals surface area (Å²) in [6, 6.07) is 56.5. The van der Waals surface area contributed by atoms with E-state index in [0.717, 1.165) is 45.2 Å². The molecule has 7 aromatic carbocycles. The summed E-state index contributed by atoms with van der Waals surface area (Å²) >= 11 is 0. The molecule has 1 aromatic heterocycles. The second-order valence-corrected chi connectivity index (χ2v) is 13.6. The largest absolute Gasteiger partial charge is 0.435 e. The van der Waals surface area contributed by atoms with E-state index in [1.165, 1.54) is 44.2 Å². The van der Waals surface area contributed by atoms with Crippen LogP contribution in [0.4, 0.5) is 17.1 Å². The van der Waals surface area contributed by atoms with Crippen LogP contribution in [0, 0.1) is 0 Å². The molecule has 0 saturated heterocycles. The number of hydrogen-bond donors (Lipinski definition) is 0. The molecule has 3 nitrogen and oxygen atoms in total. The summed E-state index contributed by atoms with van der Waals surface area (Å²) in [5, 5.41) is 2.44. The molecule has 2 aliphatic rings. The Kier molecular flexibility index (Phi) is 5.92. The third-order valence-corrected chi connectivity index (χ3v) is 10.4. The first kappa shape index (κ1) is 27.9. The predicted octanol–water partition coefficient (Wildman–Crippen LogP) is 12.6. The molecule has 49 heavy (non-hydrogen) atoms. The van der Waals surface area contributed by atoms with Crippen molar-refractivity contribution in [3.63, 3.8) is 0 Å². The highest BCUT2D eigenvalue weighted by atomic mass is 16.4. The number of aromatic nitrogens is 1. The van der Waals surface area contributed by atoms with Crippen LogP contribution in [0.2, 0.25) is 0 Å². The summed E-state index contributed by atoms with van der Waals surface area (Å²) in [6.07, 6.45) is 0. The molecule has 0 fully saturated rings. The monoisotopic (exact) mass is 628 g/mol. The molecule has 0 spiro atoms. The minimum Gasteiger partial charge on any atom is -0.435 e. The molecule has 0 aliphatic heterocycles. The van der Waals surface area contributed by atoms with Crippen molar-refractivity contribution < 1.29 is 4.42 Å². The fourth-order valence-corrected chi connectivity index (χ4v) is 8.02. The molecule has 0 N–H and O–H groups in total. The highest BCUT2D eigenvalue weighted by molar-refractivity contribution is 6.13. The molecular weight excluding hydrogens is 597 g/mol. The van der Waals surface area contributed by atoms with E-state index in [0.29, 0.717) is 5.89 Å². The molecule has 10 rings (SSSR count). The van der Waals surface area contributed by atoms with Crippen molar-refractivity contribution in [1.82, 2.24) is 4.98 Å². The van der Waals surface area contributed by atoms with Crippen LogP contribution in [0.1, 0.15) is 25.0 Å². The first-order chi connectivity index (χ1) is 24.0. The Hall–Kier alpha value is -6.19. The van der Waals surface area contributed by atoms with Gasteiger partial charge in [-0.3, -0.25) is 0 Å². The summed E-state index contributed by atoms with van der Waals surface area (Å²) in [4.78, 5) is 7.39. The maximum atomic E-state index is 6.50. The Morgan fingerprint density at radius 2 is 1.14 bits per heavy atom. The maximum Gasteiger partial charge on any atom is 0.227 e. The lowest BCUT2D eigenvalue weighted by atomic mass is 9.82. The Labute approximate surface area is 285 Å². The predicted molar refractivity (Wildman–Crippen MR) is 202 cm³/mol. The van der Waals surface area contributed by atoms with E-state index in [1.807, 2.05) is 0 Å². The van der Waals surface area contributed by atoms with Crippen LogP contribution in [0.3, 0.4) is 0 Å². The third-order valence-electron chi connectivity index (χ3n) is 10.4. The Morgan fingerprint density at radius 1 is 0.490 bits per heavy atom. The maximum absolute atomic E-state index is 6.50. The summed E-state index contributed by atoms with van der Waals surface area (Å²) in [6.45, 7) is 4.67.